The summed E-state index contributed by atoms with van der Waals surface area (Å²) in [5, 5.41) is 8.90. The lowest BCUT2D eigenvalue weighted by Gasteiger charge is -2.21. The van der Waals surface area contributed by atoms with E-state index in [1.54, 1.807) is 0 Å². The van der Waals surface area contributed by atoms with E-state index in [-0.39, 0.29) is 0 Å². The van der Waals surface area contributed by atoms with Crippen LogP contribution in [0.5, 0.6) is 0 Å². The highest BCUT2D eigenvalue weighted by Gasteiger charge is 2.21. The van der Waals surface area contributed by atoms with Crippen molar-refractivity contribution in [3.8, 4) is 0 Å². The maximum absolute atomic E-state index is 8.90. The Morgan fingerprint density at radius 3 is 3.00 bits per heavy atom. The van der Waals surface area contributed by atoms with E-state index < -0.39 is 0 Å². The van der Waals surface area contributed by atoms with E-state index in [0.717, 1.165) is 25.9 Å². The second-order valence-corrected chi connectivity index (χ2v) is 2.87. The first kappa shape index (κ1) is 8.02. The Labute approximate surface area is 62.8 Å². The molecule has 0 saturated carbocycles. The van der Waals surface area contributed by atoms with Crippen molar-refractivity contribution >= 4 is 0 Å². The Bertz CT molecular complexity index is 95.3. The lowest BCUT2D eigenvalue weighted by atomic mass is 10.2. The Hall–Kier alpha value is -0.0800. The average Bonchev–Trinajstić information content (AvgIpc) is 2.36. The van der Waals surface area contributed by atoms with Gasteiger partial charge in [0.15, 0.2) is 0 Å². The fourth-order valence-electron chi connectivity index (χ4n) is 1.60. The van der Waals surface area contributed by atoms with E-state index in [2.05, 4.69) is 11.8 Å². The number of hydrogen-bond acceptors (Lipinski definition) is 2. The van der Waals surface area contributed by atoms with Gasteiger partial charge in [-0.15, -0.1) is 0 Å². The van der Waals surface area contributed by atoms with Gasteiger partial charge >= 0.3 is 0 Å². The first-order chi connectivity index (χ1) is 4.88. The van der Waals surface area contributed by atoms with E-state index in [1.165, 1.54) is 6.42 Å². The van der Waals surface area contributed by atoms with Crippen molar-refractivity contribution in [3.63, 3.8) is 0 Å². The summed E-state index contributed by atoms with van der Waals surface area (Å²) in [7, 11) is 0. The molecule has 1 atom stereocenters. The molecule has 0 aromatic rings. The summed E-state index contributed by atoms with van der Waals surface area (Å²) in [6.07, 6.45) is 3.36. The van der Waals surface area contributed by atoms with Crippen molar-refractivity contribution in [3.05, 3.63) is 6.92 Å². The van der Waals surface area contributed by atoms with Crippen LogP contribution in [0.2, 0.25) is 0 Å². The summed E-state index contributed by atoms with van der Waals surface area (Å²) in [5.41, 5.74) is 0. The van der Waals surface area contributed by atoms with Gasteiger partial charge in [-0.1, -0.05) is 6.92 Å². The molecule has 10 heavy (non-hydrogen) atoms. The smallest absolute Gasteiger partial charge is 0.0586 e. The Kier molecular flexibility index (Phi) is 3.16. The Balaban J connectivity index is 2.27. The molecule has 0 aromatic carbocycles. The highest BCUT2D eigenvalue weighted by molar-refractivity contribution is 4.77. The summed E-state index contributed by atoms with van der Waals surface area (Å²) in [6, 6.07) is 0.432. The van der Waals surface area contributed by atoms with Crippen LogP contribution in [0.25, 0.3) is 0 Å². The fraction of sp³-hybridized carbons (Fsp3) is 0.875. The highest BCUT2D eigenvalue weighted by atomic mass is 16.3. The molecule has 1 aliphatic heterocycles. The van der Waals surface area contributed by atoms with Crippen LogP contribution in [-0.4, -0.2) is 35.7 Å². The topological polar surface area (TPSA) is 23.5 Å². The molecule has 2 heteroatoms. The van der Waals surface area contributed by atoms with Crippen LogP contribution in [0.4, 0.5) is 0 Å². The van der Waals surface area contributed by atoms with Gasteiger partial charge in [-0.3, -0.25) is 4.90 Å². The Morgan fingerprint density at radius 2 is 2.40 bits per heavy atom. The zero-order chi connectivity index (χ0) is 7.40. The number of rotatable bonds is 3. The van der Waals surface area contributed by atoms with Crippen molar-refractivity contribution in [1.82, 2.24) is 4.90 Å². The summed E-state index contributed by atoms with van der Waals surface area (Å²) in [4.78, 5) is 2.33. The van der Waals surface area contributed by atoms with Crippen molar-refractivity contribution in [2.75, 3.05) is 19.7 Å². The number of aliphatic hydroxyl groups excluding tert-OH is 1. The van der Waals surface area contributed by atoms with Gasteiger partial charge < -0.3 is 5.11 Å². The summed E-state index contributed by atoms with van der Waals surface area (Å²) >= 11 is 0. The fourth-order valence-corrected chi connectivity index (χ4v) is 1.60. The third kappa shape index (κ3) is 1.70. The van der Waals surface area contributed by atoms with Crippen LogP contribution in [-0.2, 0) is 0 Å². The lowest BCUT2D eigenvalue weighted by Crippen LogP contribution is -2.32. The van der Waals surface area contributed by atoms with Crippen LogP contribution in [0, 0.1) is 6.92 Å². The van der Waals surface area contributed by atoms with E-state index in [1.807, 2.05) is 0 Å². The zero-order valence-electron chi connectivity index (χ0n) is 6.42. The minimum atomic E-state index is 0.319. The molecule has 0 bridgehead atoms. The van der Waals surface area contributed by atoms with Crippen LogP contribution < -0.4 is 0 Å². The molecular weight excluding hydrogens is 126 g/mol. The molecule has 0 aliphatic carbocycles. The van der Waals surface area contributed by atoms with E-state index in [0.29, 0.717) is 12.6 Å². The minimum Gasteiger partial charge on any atom is -0.395 e. The van der Waals surface area contributed by atoms with Gasteiger partial charge in [0.25, 0.3) is 0 Å². The molecule has 1 saturated heterocycles. The quantitative estimate of drug-likeness (QED) is 0.626. The second kappa shape index (κ2) is 3.94. The third-order valence-corrected chi connectivity index (χ3v) is 2.16. The van der Waals surface area contributed by atoms with Gasteiger partial charge in [0, 0.05) is 6.04 Å². The molecule has 2 nitrogen and oxygen atoms in total. The van der Waals surface area contributed by atoms with Gasteiger partial charge in [-0.2, -0.15) is 0 Å². The van der Waals surface area contributed by atoms with Crippen molar-refractivity contribution in [2.24, 2.45) is 0 Å². The predicted octanol–water partition coefficient (Wildman–Crippen LogP) is 0.667. The van der Waals surface area contributed by atoms with Gasteiger partial charge in [-0.25, -0.2) is 0 Å². The first-order valence-electron chi connectivity index (χ1n) is 4.02. The first-order valence-corrected chi connectivity index (χ1v) is 4.02. The molecule has 0 amide bonds. The number of aliphatic hydroxyl groups is 1. The van der Waals surface area contributed by atoms with Gasteiger partial charge in [0.2, 0.25) is 0 Å². The normalized spacial score (nSPS) is 27.6. The molecule has 1 heterocycles. The largest absolute Gasteiger partial charge is 0.395 e. The predicted molar refractivity (Wildman–Crippen MR) is 41.7 cm³/mol. The van der Waals surface area contributed by atoms with E-state index in [4.69, 9.17) is 5.11 Å². The number of hydrogen-bond donors (Lipinski definition) is 1. The molecule has 1 fully saturated rings. The van der Waals surface area contributed by atoms with Crippen molar-refractivity contribution in [2.45, 2.75) is 25.3 Å². The van der Waals surface area contributed by atoms with Crippen molar-refractivity contribution in [1.29, 1.82) is 0 Å². The molecule has 59 valence electrons. The molecule has 1 aliphatic rings. The van der Waals surface area contributed by atoms with E-state index in [9.17, 15) is 0 Å². The number of likely N-dealkylation sites (tertiary alicyclic amines) is 1. The van der Waals surface area contributed by atoms with Crippen LogP contribution in [0.3, 0.4) is 0 Å². The van der Waals surface area contributed by atoms with Gasteiger partial charge in [0.1, 0.15) is 0 Å². The molecule has 1 rings (SSSR count). The second-order valence-electron chi connectivity index (χ2n) is 2.87. The highest BCUT2D eigenvalue weighted by Crippen LogP contribution is 2.15. The molecule has 1 unspecified atom stereocenters. The Morgan fingerprint density at radius 1 is 1.60 bits per heavy atom. The van der Waals surface area contributed by atoms with E-state index >= 15 is 0 Å². The molecule has 1 N–H and O–H groups in total. The number of nitrogens with zero attached hydrogens (tertiary/aromatic N) is 1. The van der Waals surface area contributed by atoms with Crippen LogP contribution in [0.15, 0.2) is 0 Å². The maximum atomic E-state index is 8.90. The van der Waals surface area contributed by atoms with Crippen LogP contribution in [0.1, 0.15) is 19.3 Å². The van der Waals surface area contributed by atoms with Crippen LogP contribution >= 0.6 is 0 Å². The average molecular weight is 142 g/mol. The van der Waals surface area contributed by atoms with Gasteiger partial charge in [-0.05, 0) is 32.4 Å². The van der Waals surface area contributed by atoms with Crippen molar-refractivity contribution < 1.29 is 5.11 Å². The molecule has 0 spiro atoms. The standard InChI is InChI=1S/C8H16NO/c1-2-5-9-6-3-4-8(9)7-10/h8,10H,1-7H2. The molecule has 1 radical (unpaired) electrons. The molecular formula is C8H16NO. The minimum absolute atomic E-state index is 0.319. The molecule has 0 aromatic heterocycles. The summed E-state index contributed by atoms with van der Waals surface area (Å²) in [5.74, 6) is 0. The summed E-state index contributed by atoms with van der Waals surface area (Å²) < 4.78 is 0. The summed E-state index contributed by atoms with van der Waals surface area (Å²) in [6.45, 7) is 6.31. The lowest BCUT2D eigenvalue weighted by molar-refractivity contribution is 0.160. The SMILES string of the molecule is [CH2]CCN1CCCC1CO. The zero-order valence-corrected chi connectivity index (χ0v) is 6.42. The maximum Gasteiger partial charge on any atom is 0.0586 e. The monoisotopic (exact) mass is 142 g/mol. The third-order valence-electron chi connectivity index (χ3n) is 2.16. The van der Waals surface area contributed by atoms with Gasteiger partial charge in [0.05, 0.1) is 6.61 Å².